The van der Waals surface area contributed by atoms with Gasteiger partial charge in [-0.1, -0.05) is 0 Å². The van der Waals surface area contributed by atoms with Gasteiger partial charge in [0.25, 0.3) is 0 Å². The van der Waals surface area contributed by atoms with Gasteiger partial charge in [0.2, 0.25) is 0 Å². The third-order valence-electron chi connectivity index (χ3n) is 1.24. The molecule has 0 saturated carbocycles. The van der Waals surface area contributed by atoms with Gasteiger partial charge in [-0.15, -0.1) is 0 Å². The first-order valence-electron chi connectivity index (χ1n) is 3.16. The second kappa shape index (κ2) is 5.20. The van der Waals surface area contributed by atoms with Crippen molar-refractivity contribution in [2.45, 2.75) is 6.04 Å². The molecule has 0 aliphatic carbocycles. The highest BCUT2D eigenvalue weighted by Crippen LogP contribution is 1.83. The van der Waals surface area contributed by atoms with Gasteiger partial charge in [-0.25, -0.2) is 0 Å². The molecular formula is C6H14N2O2. The Morgan fingerprint density at radius 1 is 1.60 bits per heavy atom. The first-order chi connectivity index (χ1) is 4.76. The van der Waals surface area contributed by atoms with Gasteiger partial charge in [0.15, 0.2) is 0 Å². The lowest BCUT2D eigenvalue weighted by Crippen LogP contribution is -2.42. The molecule has 0 bridgehead atoms. The Bertz CT molecular complexity index is 106. The number of hydrogen-bond acceptors (Lipinski definition) is 4. The van der Waals surface area contributed by atoms with Gasteiger partial charge < -0.3 is 15.4 Å². The van der Waals surface area contributed by atoms with E-state index in [0.29, 0.717) is 6.54 Å². The highest BCUT2D eigenvalue weighted by molar-refractivity contribution is 5.75. The summed E-state index contributed by atoms with van der Waals surface area (Å²) < 4.78 is 4.51. The van der Waals surface area contributed by atoms with E-state index in [1.54, 1.807) is 14.1 Å². The third-order valence-corrected chi connectivity index (χ3v) is 1.24. The van der Waals surface area contributed by atoms with Gasteiger partial charge in [0, 0.05) is 6.54 Å². The molecule has 0 aromatic heterocycles. The van der Waals surface area contributed by atoms with Crippen molar-refractivity contribution < 1.29 is 9.53 Å². The van der Waals surface area contributed by atoms with Crippen molar-refractivity contribution in [3.05, 3.63) is 0 Å². The van der Waals surface area contributed by atoms with Crippen LogP contribution in [0.2, 0.25) is 0 Å². The Hall–Kier alpha value is -0.610. The van der Waals surface area contributed by atoms with Crippen molar-refractivity contribution in [2.24, 2.45) is 0 Å². The molecule has 0 fully saturated rings. The van der Waals surface area contributed by atoms with Crippen LogP contribution in [0.5, 0.6) is 0 Å². The number of carbonyl (C=O) groups excluding carboxylic acids is 1. The van der Waals surface area contributed by atoms with Crippen LogP contribution in [-0.2, 0) is 9.53 Å². The first kappa shape index (κ1) is 9.39. The van der Waals surface area contributed by atoms with Crippen molar-refractivity contribution in [2.75, 3.05) is 27.7 Å². The lowest BCUT2D eigenvalue weighted by molar-refractivity contribution is -0.142. The fraction of sp³-hybridized carbons (Fsp3) is 0.833. The van der Waals surface area contributed by atoms with Crippen LogP contribution < -0.4 is 10.6 Å². The zero-order chi connectivity index (χ0) is 7.98. The number of rotatable bonds is 4. The van der Waals surface area contributed by atoms with E-state index in [2.05, 4.69) is 15.4 Å². The fourth-order valence-electron chi connectivity index (χ4n) is 0.650. The van der Waals surface area contributed by atoms with Gasteiger partial charge in [0.1, 0.15) is 6.04 Å². The standard InChI is InChI=1S/C6H14N2O2/c1-7-4-5(8-2)6(9)10-3/h5,7-8H,4H2,1-3H3/t5-/m1/s1. The Kier molecular flexibility index (Phi) is 4.88. The molecule has 0 aliphatic rings. The molecule has 0 rings (SSSR count). The second-order valence-corrected chi connectivity index (χ2v) is 1.92. The quantitative estimate of drug-likeness (QED) is 0.498. The number of methoxy groups -OCH3 is 1. The van der Waals surface area contributed by atoms with Crippen LogP contribution in [0.25, 0.3) is 0 Å². The van der Waals surface area contributed by atoms with Crippen molar-refractivity contribution in [3.8, 4) is 0 Å². The number of esters is 1. The first-order valence-corrected chi connectivity index (χ1v) is 3.16. The molecule has 0 unspecified atom stereocenters. The average Bonchev–Trinajstić information content (AvgIpc) is 1.99. The normalized spacial score (nSPS) is 12.7. The molecule has 2 N–H and O–H groups in total. The van der Waals surface area contributed by atoms with Crippen LogP contribution >= 0.6 is 0 Å². The Balaban J connectivity index is 3.68. The van der Waals surface area contributed by atoms with E-state index < -0.39 is 0 Å². The van der Waals surface area contributed by atoms with Crippen LogP contribution in [0.4, 0.5) is 0 Å². The molecule has 4 heteroatoms. The predicted octanol–water partition coefficient (Wildman–Crippen LogP) is -1.03. The van der Waals surface area contributed by atoms with Gasteiger partial charge >= 0.3 is 5.97 Å². The third kappa shape index (κ3) is 2.80. The maximum absolute atomic E-state index is 10.8. The number of ether oxygens (including phenoxy) is 1. The van der Waals surface area contributed by atoms with Gasteiger partial charge in [-0.3, -0.25) is 4.79 Å². The molecule has 0 aliphatic heterocycles. The van der Waals surface area contributed by atoms with Gasteiger partial charge in [-0.05, 0) is 14.1 Å². The van der Waals surface area contributed by atoms with Crippen molar-refractivity contribution in [1.82, 2.24) is 10.6 Å². The highest BCUT2D eigenvalue weighted by atomic mass is 16.5. The number of hydrogen-bond donors (Lipinski definition) is 2. The molecule has 0 heterocycles. The molecular weight excluding hydrogens is 132 g/mol. The maximum atomic E-state index is 10.8. The molecule has 4 nitrogen and oxygen atoms in total. The largest absolute Gasteiger partial charge is 0.468 e. The monoisotopic (exact) mass is 146 g/mol. The van der Waals surface area contributed by atoms with Crippen LogP contribution in [-0.4, -0.2) is 39.8 Å². The smallest absolute Gasteiger partial charge is 0.324 e. The summed E-state index contributed by atoms with van der Waals surface area (Å²) in [6.07, 6.45) is 0. The summed E-state index contributed by atoms with van der Waals surface area (Å²) in [5.41, 5.74) is 0. The summed E-state index contributed by atoms with van der Waals surface area (Å²) in [6, 6.07) is -0.241. The molecule has 0 saturated heterocycles. The van der Waals surface area contributed by atoms with Gasteiger partial charge in [-0.2, -0.15) is 0 Å². The molecule has 0 spiro atoms. The molecule has 1 atom stereocenters. The van der Waals surface area contributed by atoms with E-state index in [4.69, 9.17) is 0 Å². The lowest BCUT2D eigenvalue weighted by atomic mass is 10.3. The minimum atomic E-state index is -0.241. The molecule has 0 aromatic carbocycles. The SMILES string of the molecule is CNC[C@@H](NC)C(=O)OC. The maximum Gasteiger partial charge on any atom is 0.324 e. The highest BCUT2D eigenvalue weighted by Gasteiger charge is 2.14. The van der Waals surface area contributed by atoms with Gasteiger partial charge in [0.05, 0.1) is 7.11 Å². The number of likely N-dealkylation sites (N-methyl/N-ethyl adjacent to an activating group) is 2. The number of nitrogens with one attached hydrogen (secondary N) is 2. The summed E-state index contributed by atoms with van der Waals surface area (Å²) in [5, 5.41) is 5.69. The van der Waals surface area contributed by atoms with E-state index >= 15 is 0 Å². The van der Waals surface area contributed by atoms with Crippen LogP contribution in [0.3, 0.4) is 0 Å². The zero-order valence-electron chi connectivity index (χ0n) is 6.60. The summed E-state index contributed by atoms with van der Waals surface area (Å²) >= 11 is 0. The van der Waals surface area contributed by atoms with Crippen LogP contribution in [0, 0.1) is 0 Å². The van der Waals surface area contributed by atoms with Crippen molar-refractivity contribution in [1.29, 1.82) is 0 Å². The van der Waals surface area contributed by atoms with E-state index in [0.717, 1.165) is 0 Å². The summed E-state index contributed by atoms with van der Waals surface area (Å²) in [4.78, 5) is 10.8. The van der Waals surface area contributed by atoms with E-state index in [-0.39, 0.29) is 12.0 Å². The second-order valence-electron chi connectivity index (χ2n) is 1.92. The van der Waals surface area contributed by atoms with Crippen LogP contribution in [0.15, 0.2) is 0 Å². The Labute approximate surface area is 60.9 Å². The molecule has 0 aromatic rings. The summed E-state index contributed by atoms with van der Waals surface area (Å²) in [6.45, 7) is 0.586. The molecule has 0 radical (unpaired) electrons. The van der Waals surface area contributed by atoms with E-state index in [1.165, 1.54) is 7.11 Å². The topological polar surface area (TPSA) is 50.4 Å². The Morgan fingerprint density at radius 2 is 2.20 bits per heavy atom. The minimum absolute atomic E-state index is 0.239. The molecule has 60 valence electrons. The Morgan fingerprint density at radius 3 is 2.50 bits per heavy atom. The predicted molar refractivity (Wildman–Crippen MR) is 38.8 cm³/mol. The lowest BCUT2D eigenvalue weighted by Gasteiger charge is -2.11. The molecule has 0 amide bonds. The number of carbonyl (C=O) groups is 1. The molecule has 10 heavy (non-hydrogen) atoms. The van der Waals surface area contributed by atoms with Crippen molar-refractivity contribution in [3.63, 3.8) is 0 Å². The average molecular weight is 146 g/mol. The fourth-order valence-corrected chi connectivity index (χ4v) is 0.650. The zero-order valence-corrected chi connectivity index (χ0v) is 6.60. The van der Waals surface area contributed by atoms with E-state index in [1.807, 2.05) is 0 Å². The van der Waals surface area contributed by atoms with E-state index in [9.17, 15) is 4.79 Å². The minimum Gasteiger partial charge on any atom is -0.468 e. The summed E-state index contributed by atoms with van der Waals surface area (Å²) in [7, 11) is 4.88. The van der Waals surface area contributed by atoms with Crippen LogP contribution in [0.1, 0.15) is 0 Å². The summed E-state index contributed by atoms with van der Waals surface area (Å²) in [5.74, 6) is -0.239. The van der Waals surface area contributed by atoms with Crippen molar-refractivity contribution >= 4 is 5.97 Å².